The lowest BCUT2D eigenvalue weighted by atomic mass is 10.4. The highest BCUT2D eigenvalue weighted by Gasteiger charge is 1.97. The maximum Gasteiger partial charge on any atom is 0.0959 e. The second-order valence-electron chi connectivity index (χ2n) is 2.12. The van der Waals surface area contributed by atoms with Crippen LogP contribution in [0.3, 0.4) is 0 Å². The molecule has 0 bridgehead atoms. The van der Waals surface area contributed by atoms with E-state index in [1.807, 2.05) is 6.92 Å². The van der Waals surface area contributed by atoms with Gasteiger partial charge in [-0.1, -0.05) is 0 Å². The average Bonchev–Trinajstić information content (AvgIpc) is 1.83. The molecule has 2 unspecified atom stereocenters. The molecular weight excluding hydrogens is 116 g/mol. The molecule has 0 fully saturated rings. The third kappa shape index (κ3) is 5.46. The van der Waals surface area contributed by atoms with Crippen LogP contribution in [0.2, 0.25) is 0 Å². The van der Waals surface area contributed by atoms with Crippen LogP contribution in [0.4, 0.5) is 0 Å². The van der Waals surface area contributed by atoms with E-state index in [1.165, 1.54) is 0 Å². The van der Waals surface area contributed by atoms with Gasteiger partial charge in [-0.25, -0.2) is 0 Å². The smallest absolute Gasteiger partial charge is 0.0959 e. The highest BCUT2D eigenvalue weighted by Crippen LogP contribution is 1.81. The van der Waals surface area contributed by atoms with E-state index in [1.54, 1.807) is 6.92 Å². The summed E-state index contributed by atoms with van der Waals surface area (Å²) in [4.78, 5) is 3.69. The van der Waals surface area contributed by atoms with E-state index in [9.17, 15) is 0 Å². The van der Waals surface area contributed by atoms with Crippen molar-refractivity contribution >= 4 is 6.72 Å². The molecule has 0 saturated carbocycles. The Bertz CT molecular complexity index is 83.1. The number of nitrogens with zero attached hydrogens (tertiary/aromatic N) is 1. The van der Waals surface area contributed by atoms with Gasteiger partial charge in [0.05, 0.1) is 12.3 Å². The zero-order chi connectivity index (χ0) is 7.28. The SMILES string of the molecule is C=NC(C)NCC(C)O. The summed E-state index contributed by atoms with van der Waals surface area (Å²) in [5.74, 6) is 0. The minimum Gasteiger partial charge on any atom is -0.392 e. The molecule has 0 saturated heterocycles. The second kappa shape index (κ2) is 4.47. The van der Waals surface area contributed by atoms with E-state index in [2.05, 4.69) is 17.0 Å². The summed E-state index contributed by atoms with van der Waals surface area (Å²) in [6.07, 6.45) is -0.270. The first kappa shape index (κ1) is 8.59. The Kier molecular flexibility index (Phi) is 4.26. The van der Waals surface area contributed by atoms with Gasteiger partial charge in [0.2, 0.25) is 0 Å². The Morgan fingerprint density at radius 3 is 2.56 bits per heavy atom. The monoisotopic (exact) mass is 130 g/mol. The largest absolute Gasteiger partial charge is 0.392 e. The molecule has 0 aromatic carbocycles. The summed E-state index contributed by atoms with van der Waals surface area (Å²) in [7, 11) is 0. The van der Waals surface area contributed by atoms with E-state index in [0.29, 0.717) is 6.54 Å². The van der Waals surface area contributed by atoms with Gasteiger partial charge in [-0.15, -0.1) is 0 Å². The molecule has 54 valence electrons. The highest BCUT2D eigenvalue weighted by molar-refractivity contribution is 5.23. The Balaban J connectivity index is 3.16. The fourth-order valence-corrected chi connectivity index (χ4v) is 0.406. The van der Waals surface area contributed by atoms with Crippen LogP contribution >= 0.6 is 0 Å². The van der Waals surface area contributed by atoms with Gasteiger partial charge in [0.25, 0.3) is 0 Å². The van der Waals surface area contributed by atoms with Crippen LogP contribution in [0.25, 0.3) is 0 Å². The lowest BCUT2D eigenvalue weighted by Gasteiger charge is -2.09. The van der Waals surface area contributed by atoms with Crippen LogP contribution in [-0.2, 0) is 0 Å². The zero-order valence-corrected chi connectivity index (χ0v) is 5.96. The normalized spacial score (nSPS) is 16.8. The number of aliphatic hydroxyl groups excluding tert-OH is 1. The summed E-state index contributed by atoms with van der Waals surface area (Å²) in [6, 6.07) is 0. The summed E-state index contributed by atoms with van der Waals surface area (Å²) in [5.41, 5.74) is 0. The Labute approximate surface area is 55.8 Å². The summed E-state index contributed by atoms with van der Waals surface area (Å²) in [6.45, 7) is 7.52. The van der Waals surface area contributed by atoms with Gasteiger partial charge >= 0.3 is 0 Å². The van der Waals surface area contributed by atoms with E-state index < -0.39 is 0 Å². The molecule has 0 aliphatic carbocycles. The molecule has 0 aromatic rings. The Morgan fingerprint density at radius 1 is 1.67 bits per heavy atom. The average molecular weight is 130 g/mol. The van der Waals surface area contributed by atoms with E-state index in [-0.39, 0.29) is 12.3 Å². The van der Waals surface area contributed by atoms with E-state index >= 15 is 0 Å². The van der Waals surface area contributed by atoms with Gasteiger partial charge < -0.3 is 5.11 Å². The fraction of sp³-hybridized carbons (Fsp3) is 0.833. The van der Waals surface area contributed by atoms with Crippen LogP contribution in [0.5, 0.6) is 0 Å². The van der Waals surface area contributed by atoms with Gasteiger partial charge in [0.15, 0.2) is 0 Å². The van der Waals surface area contributed by atoms with Crippen LogP contribution in [0, 0.1) is 0 Å². The first-order valence-corrected chi connectivity index (χ1v) is 3.04. The summed E-state index contributed by atoms with van der Waals surface area (Å²) >= 11 is 0. The predicted molar refractivity (Wildman–Crippen MR) is 38.7 cm³/mol. The Hall–Kier alpha value is -0.410. The number of aliphatic imine (C=N–C) groups is 1. The summed E-state index contributed by atoms with van der Waals surface area (Å²) < 4.78 is 0. The molecule has 3 nitrogen and oxygen atoms in total. The minimum atomic E-state index is -0.311. The molecule has 2 N–H and O–H groups in total. The lowest BCUT2D eigenvalue weighted by Crippen LogP contribution is -2.30. The number of rotatable bonds is 4. The molecule has 2 atom stereocenters. The van der Waals surface area contributed by atoms with Crippen LogP contribution in [0.15, 0.2) is 4.99 Å². The van der Waals surface area contributed by atoms with E-state index in [4.69, 9.17) is 5.11 Å². The van der Waals surface area contributed by atoms with Crippen molar-refractivity contribution in [1.82, 2.24) is 5.32 Å². The van der Waals surface area contributed by atoms with Gasteiger partial charge in [-0.2, -0.15) is 0 Å². The van der Waals surface area contributed by atoms with Crippen molar-refractivity contribution in [2.24, 2.45) is 4.99 Å². The molecule has 0 rings (SSSR count). The second-order valence-corrected chi connectivity index (χ2v) is 2.12. The molecule has 9 heavy (non-hydrogen) atoms. The third-order valence-corrected chi connectivity index (χ3v) is 0.983. The summed E-state index contributed by atoms with van der Waals surface area (Å²) in [5, 5.41) is 11.7. The maximum absolute atomic E-state index is 8.77. The van der Waals surface area contributed by atoms with Crippen LogP contribution in [-0.4, -0.2) is 30.6 Å². The molecule has 0 aliphatic heterocycles. The quantitative estimate of drug-likeness (QED) is 0.526. The van der Waals surface area contributed by atoms with Crippen molar-refractivity contribution < 1.29 is 5.11 Å². The van der Waals surface area contributed by atoms with Gasteiger partial charge in [0.1, 0.15) is 0 Å². The van der Waals surface area contributed by atoms with Crippen molar-refractivity contribution in [2.45, 2.75) is 26.1 Å². The molecule has 0 aliphatic rings. The standard InChI is InChI=1S/C6H14N2O/c1-5(9)4-8-6(2)7-3/h5-6,8-9H,3-4H2,1-2H3. The topological polar surface area (TPSA) is 44.6 Å². The molecule has 0 heterocycles. The zero-order valence-electron chi connectivity index (χ0n) is 5.96. The van der Waals surface area contributed by atoms with Crippen molar-refractivity contribution in [3.8, 4) is 0 Å². The van der Waals surface area contributed by atoms with Crippen molar-refractivity contribution in [1.29, 1.82) is 0 Å². The maximum atomic E-state index is 8.77. The molecule has 3 heteroatoms. The van der Waals surface area contributed by atoms with E-state index in [0.717, 1.165) is 0 Å². The van der Waals surface area contributed by atoms with Gasteiger partial charge in [-0.3, -0.25) is 10.3 Å². The lowest BCUT2D eigenvalue weighted by molar-refractivity contribution is 0.187. The van der Waals surface area contributed by atoms with Crippen molar-refractivity contribution in [2.75, 3.05) is 6.54 Å². The predicted octanol–water partition coefficient (Wildman–Crippen LogP) is 0.00340. The minimum absolute atomic E-state index is 0.0413. The van der Waals surface area contributed by atoms with Crippen molar-refractivity contribution in [3.63, 3.8) is 0 Å². The Morgan fingerprint density at radius 2 is 2.22 bits per heavy atom. The molecule has 0 aromatic heterocycles. The highest BCUT2D eigenvalue weighted by atomic mass is 16.3. The number of hydrogen-bond donors (Lipinski definition) is 2. The fourth-order valence-electron chi connectivity index (χ4n) is 0.406. The number of aliphatic hydroxyl groups is 1. The third-order valence-electron chi connectivity index (χ3n) is 0.983. The van der Waals surface area contributed by atoms with Crippen LogP contribution < -0.4 is 5.32 Å². The molecular formula is C6H14N2O. The van der Waals surface area contributed by atoms with Gasteiger partial charge in [0, 0.05) is 6.54 Å². The van der Waals surface area contributed by atoms with Gasteiger partial charge in [-0.05, 0) is 20.6 Å². The molecule has 0 amide bonds. The van der Waals surface area contributed by atoms with Crippen LogP contribution in [0.1, 0.15) is 13.8 Å². The molecule has 0 radical (unpaired) electrons. The first-order chi connectivity index (χ1) is 4.16. The number of hydrogen-bond acceptors (Lipinski definition) is 3. The number of nitrogens with one attached hydrogen (secondary N) is 1. The first-order valence-electron chi connectivity index (χ1n) is 3.04. The molecule has 0 spiro atoms. The van der Waals surface area contributed by atoms with Crippen molar-refractivity contribution in [3.05, 3.63) is 0 Å².